The minimum Gasteiger partial charge on any atom is -0.390 e. The zero-order chi connectivity index (χ0) is 21.5. The summed E-state index contributed by atoms with van der Waals surface area (Å²) in [5.74, 6) is 0.0548. The minimum absolute atomic E-state index is 0.124. The molecule has 1 fully saturated rings. The number of nitrogens with zero attached hydrogens (tertiary/aromatic N) is 3. The van der Waals surface area contributed by atoms with Gasteiger partial charge in [-0.05, 0) is 6.07 Å². The molecule has 12 nitrogen and oxygen atoms in total. The number of amides is 1. The number of aliphatic hydroxyl groups is 1. The number of carbonyl (C=O) groups is 1. The molecule has 0 aliphatic carbocycles. The molecule has 1 saturated heterocycles. The van der Waals surface area contributed by atoms with Gasteiger partial charge < -0.3 is 31.2 Å². The number of imidazole rings is 1. The van der Waals surface area contributed by atoms with Crippen molar-refractivity contribution in [1.82, 2.24) is 24.8 Å². The molecule has 0 bridgehead atoms. The van der Waals surface area contributed by atoms with Gasteiger partial charge >= 0.3 is 5.69 Å². The zero-order valence-electron chi connectivity index (χ0n) is 16.1. The average Bonchev–Trinajstić information content (AvgIpc) is 3.35. The van der Waals surface area contributed by atoms with Gasteiger partial charge in [0.2, 0.25) is 5.91 Å². The van der Waals surface area contributed by atoms with Crippen molar-refractivity contribution < 1.29 is 19.2 Å². The Balaban J connectivity index is 1.44. The molecule has 30 heavy (non-hydrogen) atoms. The third-order valence-corrected chi connectivity index (χ3v) is 5.17. The summed E-state index contributed by atoms with van der Waals surface area (Å²) in [6.07, 6.45) is 3.37. The maximum absolute atomic E-state index is 12.3. The highest BCUT2D eigenvalue weighted by Crippen LogP contribution is 2.29. The molecule has 0 spiro atoms. The molecule has 2 aromatic rings. The van der Waals surface area contributed by atoms with Gasteiger partial charge in [-0.2, -0.15) is 4.98 Å². The van der Waals surface area contributed by atoms with Crippen LogP contribution in [0.25, 0.3) is 0 Å². The Labute approximate surface area is 173 Å². The summed E-state index contributed by atoms with van der Waals surface area (Å²) in [5.41, 5.74) is 6.09. The smallest absolute Gasteiger partial charge is 0.351 e. The van der Waals surface area contributed by atoms with Crippen LogP contribution in [-0.2, 0) is 20.5 Å². The van der Waals surface area contributed by atoms with Crippen molar-refractivity contribution >= 4 is 20.2 Å². The first-order chi connectivity index (χ1) is 14.5. The highest BCUT2D eigenvalue weighted by atomic mass is 31.1. The van der Waals surface area contributed by atoms with E-state index in [1.54, 1.807) is 12.3 Å². The third-order valence-electron chi connectivity index (χ3n) is 4.66. The van der Waals surface area contributed by atoms with Crippen LogP contribution in [0.2, 0.25) is 0 Å². The number of carbonyl (C=O) groups excluding carboxylic acids is 1. The van der Waals surface area contributed by atoms with Crippen molar-refractivity contribution in [2.45, 2.75) is 37.3 Å². The SMILES string of the molecule is NC(Cc1cnc[nH]1)C(=O)NCCNc1ccn(C2CC(O)C(CP=O)O2)c(=O)n1. The van der Waals surface area contributed by atoms with E-state index in [-0.39, 0.29) is 27.0 Å². The number of nitrogens with one attached hydrogen (secondary N) is 3. The van der Waals surface area contributed by atoms with Crippen LogP contribution < -0.4 is 22.1 Å². The molecule has 162 valence electrons. The summed E-state index contributed by atoms with van der Waals surface area (Å²) in [7, 11) is -0.124. The average molecular weight is 437 g/mol. The van der Waals surface area contributed by atoms with Crippen LogP contribution in [0.3, 0.4) is 0 Å². The number of aromatic amines is 1. The summed E-state index contributed by atoms with van der Waals surface area (Å²) in [5, 5.41) is 15.6. The lowest BCUT2D eigenvalue weighted by Gasteiger charge is -2.15. The van der Waals surface area contributed by atoms with Crippen molar-refractivity contribution in [2.24, 2.45) is 5.73 Å². The van der Waals surface area contributed by atoms with E-state index in [0.29, 0.717) is 25.3 Å². The summed E-state index contributed by atoms with van der Waals surface area (Å²) in [6.45, 7) is 0.649. The van der Waals surface area contributed by atoms with Gasteiger partial charge in [-0.3, -0.25) is 13.9 Å². The van der Waals surface area contributed by atoms with E-state index in [0.717, 1.165) is 5.69 Å². The standard InChI is InChI=1S/C17H24N7O5P/c18-11(5-10-7-19-9-22-10)16(26)21-3-2-20-14-1-4-24(17(27)23-14)15-6-12(25)13(29-15)8-30-28/h1,4,7,9,11-13,15,25H,2-3,5-6,8,18H2,(H,19,22)(H,21,26)(H,20,23,27). The number of aromatic nitrogens is 4. The molecule has 0 saturated carbocycles. The van der Waals surface area contributed by atoms with Gasteiger partial charge in [-0.1, -0.05) is 0 Å². The number of aliphatic hydroxyl groups excluding tert-OH is 1. The first-order valence-corrected chi connectivity index (χ1v) is 10.4. The Bertz CT molecular complexity index is 906. The third kappa shape index (κ3) is 5.70. The normalized spacial score (nSPS) is 22.1. The van der Waals surface area contributed by atoms with E-state index in [9.17, 15) is 19.3 Å². The van der Waals surface area contributed by atoms with Crippen LogP contribution in [0.4, 0.5) is 5.82 Å². The second-order valence-corrected chi connectivity index (χ2v) is 7.48. The van der Waals surface area contributed by atoms with E-state index in [4.69, 9.17) is 10.5 Å². The molecule has 3 heterocycles. The molecule has 1 amide bonds. The van der Waals surface area contributed by atoms with Crippen molar-refractivity contribution in [3.8, 4) is 0 Å². The Morgan fingerprint density at radius 1 is 1.50 bits per heavy atom. The maximum atomic E-state index is 12.3. The fourth-order valence-corrected chi connectivity index (χ4v) is 3.56. The minimum atomic E-state index is -0.788. The lowest BCUT2D eigenvalue weighted by molar-refractivity contribution is -0.122. The van der Waals surface area contributed by atoms with Gasteiger partial charge in [0.25, 0.3) is 0 Å². The molecule has 1 aliphatic heterocycles. The molecule has 1 aliphatic rings. The monoisotopic (exact) mass is 437 g/mol. The summed E-state index contributed by atoms with van der Waals surface area (Å²) >= 11 is 0. The van der Waals surface area contributed by atoms with E-state index < -0.39 is 30.2 Å². The lowest BCUT2D eigenvalue weighted by Crippen LogP contribution is -2.43. The van der Waals surface area contributed by atoms with Crippen molar-refractivity contribution in [1.29, 1.82) is 0 Å². The number of nitrogens with two attached hydrogens (primary N) is 1. The molecule has 0 aromatic carbocycles. The van der Waals surface area contributed by atoms with Gasteiger partial charge in [0.15, 0.2) is 8.46 Å². The Morgan fingerprint density at radius 2 is 2.33 bits per heavy atom. The molecule has 0 radical (unpaired) electrons. The van der Waals surface area contributed by atoms with Crippen molar-refractivity contribution in [3.63, 3.8) is 0 Å². The number of ether oxygens (including phenoxy) is 1. The van der Waals surface area contributed by atoms with Gasteiger partial charge in [0, 0.05) is 44.0 Å². The Hall–Kier alpha value is -2.66. The molecule has 6 N–H and O–H groups in total. The number of anilines is 1. The summed E-state index contributed by atoms with van der Waals surface area (Å²) in [6, 6.07) is 0.904. The summed E-state index contributed by atoms with van der Waals surface area (Å²) in [4.78, 5) is 35.0. The molecule has 3 rings (SSSR count). The second kappa shape index (κ2) is 10.4. The highest BCUT2D eigenvalue weighted by Gasteiger charge is 2.35. The quantitative estimate of drug-likeness (QED) is 0.230. The van der Waals surface area contributed by atoms with Gasteiger partial charge in [-0.25, -0.2) is 9.78 Å². The first-order valence-electron chi connectivity index (χ1n) is 9.44. The molecule has 13 heteroatoms. The molecule has 4 unspecified atom stereocenters. The van der Waals surface area contributed by atoms with E-state index in [1.807, 2.05) is 0 Å². The second-order valence-electron chi connectivity index (χ2n) is 6.85. The first kappa shape index (κ1) is 22.0. The van der Waals surface area contributed by atoms with Crippen LogP contribution in [0, 0.1) is 0 Å². The number of hydrogen-bond donors (Lipinski definition) is 5. The Kier molecular flexibility index (Phi) is 7.63. The van der Waals surface area contributed by atoms with Gasteiger partial charge in [0.1, 0.15) is 12.0 Å². The molecule has 4 atom stereocenters. The van der Waals surface area contributed by atoms with Crippen LogP contribution >= 0.6 is 8.46 Å². The van der Waals surface area contributed by atoms with Gasteiger partial charge in [0.05, 0.1) is 30.7 Å². The fourth-order valence-electron chi connectivity index (χ4n) is 3.09. The molecular formula is C17H24N7O5P. The van der Waals surface area contributed by atoms with Gasteiger partial charge in [-0.15, -0.1) is 0 Å². The molecule has 2 aromatic heterocycles. The van der Waals surface area contributed by atoms with E-state index in [2.05, 4.69) is 25.6 Å². The zero-order valence-corrected chi connectivity index (χ0v) is 17.0. The largest absolute Gasteiger partial charge is 0.390 e. The highest BCUT2D eigenvalue weighted by molar-refractivity contribution is 7.23. The maximum Gasteiger partial charge on any atom is 0.351 e. The summed E-state index contributed by atoms with van der Waals surface area (Å²) < 4.78 is 17.6. The van der Waals surface area contributed by atoms with Crippen LogP contribution in [0.1, 0.15) is 18.3 Å². The fraction of sp³-hybridized carbons (Fsp3) is 0.529. The Morgan fingerprint density at radius 3 is 3.03 bits per heavy atom. The number of H-pyrrole nitrogens is 1. The van der Waals surface area contributed by atoms with E-state index in [1.165, 1.54) is 17.1 Å². The van der Waals surface area contributed by atoms with Crippen LogP contribution in [-0.4, -0.2) is 68.0 Å². The van der Waals surface area contributed by atoms with Crippen molar-refractivity contribution in [3.05, 3.63) is 41.0 Å². The lowest BCUT2D eigenvalue weighted by atomic mass is 10.1. The van der Waals surface area contributed by atoms with Crippen LogP contribution in [0.5, 0.6) is 0 Å². The predicted octanol–water partition coefficient (Wildman–Crippen LogP) is -0.995. The number of rotatable bonds is 10. The topological polar surface area (TPSA) is 177 Å². The predicted molar refractivity (Wildman–Crippen MR) is 107 cm³/mol. The van der Waals surface area contributed by atoms with Crippen LogP contribution in [0.15, 0.2) is 29.6 Å². The van der Waals surface area contributed by atoms with E-state index >= 15 is 0 Å². The van der Waals surface area contributed by atoms with Crippen molar-refractivity contribution in [2.75, 3.05) is 24.6 Å². The number of hydrogen-bond acceptors (Lipinski definition) is 9. The molecular weight excluding hydrogens is 413 g/mol.